The first-order chi connectivity index (χ1) is 23.2. The van der Waals surface area contributed by atoms with Crippen LogP contribution in [0.5, 0.6) is 0 Å². The van der Waals surface area contributed by atoms with E-state index in [1.165, 1.54) is 0 Å². The number of guanidine groups is 2. The molecule has 10 atom stereocenters. The molecule has 0 heterocycles. The summed E-state index contributed by atoms with van der Waals surface area (Å²) in [6.45, 7) is 11.3. The van der Waals surface area contributed by atoms with E-state index < -0.39 is 61.3 Å². The Hall–Kier alpha value is -2.02. The molecule has 0 aliphatic rings. The minimum Gasteiger partial charge on any atom is -0.395 e. The van der Waals surface area contributed by atoms with E-state index in [0.717, 1.165) is 0 Å². The molecule has 0 fully saturated rings. The van der Waals surface area contributed by atoms with Gasteiger partial charge in [-0.05, 0) is 65.7 Å². The van der Waals surface area contributed by atoms with Crippen molar-refractivity contribution in [3.8, 4) is 0 Å². The third-order valence-electron chi connectivity index (χ3n) is 7.29. The highest BCUT2D eigenvalue weighted by Crippen LogP contribution is 2.14. The summed E-state index contributed by atoms with van der Waals surface area (Å²) in [4.78, 5) is 0. The van der Waals surface area contributed by atoms with Gasteiger partial charge in [-0.25, -0.2) is 0 Å². The van der Waals surface area contributed by atoms with Gasteiger partial charge in [0, 0.05) is 44.3 Å². The van der Waals surface area contributed by atoms with E-state index in [9.17, 15) is 30.6 Å². The summed E-state index contributed by atoms with van der Waals surface area (Å²) in [5.41, 5.74) is 10.1. The molecule has 20 heteroatoms. The van der Waals surface area contributed by atoms with Crippen LogP contribution in [-0.2, 0) is 4.74 Å². The highest BCUT2D eigenvalue weighted by molar-refractivity contribution is 5.74. The van der Waals surface area contributed by atoms with Crippen LogP contribution in [-0.4, -0.2) is 148 Å². The zero-order valence-electron chi connectivity index (χ0n) is 30.6. The van der Waals surface area contributed by atoms with Crippen molar-refractivity contribution in [2.45, 2.75) is 141 Å². The molecular weight excluding hydrogens is 656 g/mol. The van der Waals surface area contributed by atoms with Gasteiger partial charge in [-0.15, -0.1) is 0 Å². The fraction of sp³-hybridized carbons (Fsp3) is 0.933. The number of aliphatic hydroxyl groups excluding tert-OH is 7. The Bertz CT molecular complexity index is 907. The van der Waals surface area contributed by atoms with Crippen LogP contribution in [0.25, 0.3) is 0 Å². The molecule has 0 radical (unpaired) electrons. The molecule has 0 saturated heterocycles. The largest absolute Gasteiger partial charge is 0.395 e. The van der Waals surface area contributed by atoms with E-state index in [1.54, 1.807) is 27.7 Å². The summed E-state index contributed by atoms with van der Waals surface area (Å²) in [6, 6.07) is -2.61. The van der Waals surface area contributed by atoms with Crippen molar-refractivity contribution >= 4 is 11.9 Å². The second kappa shape index (κ2) is 25.9. The normalized spacial score (nSPS) is 18.4. The molecule has 0 aliphatic heterocycles. The molecule has 0 aromatic heterocycles. The Balaban J connectivity index is 5.72. The highest BCUT2D eigenvalue weighted by atomic mass is 16.6. The average Bonchev–Trinajstić information content (AvgIpc) is 2.99. The standard InChI is InChI=1S/C30H70N12O8/c1-17(2)13-21(41-25(47)20(10-8-12-36-28(33)34)42-29(49)50-30(4,5)6)26(48)40-19(9-7-11-35-27(31)32)24(46)38-14-22(44)37-15-23(45)39-18(3)16-43/h17-26,29,37-49H,7-16H2,1-6H3,(H4,31,32,35)(H4,33,34,36)/t18-,19+,20+,21-,22?,23?,24?,25?,26?,29?/m1/s1. The van der Waals surface area contributed by atoms with Crippen molar-refractivity contribution in [1.29, 1.82) is 10.8 Å². The van der Waals surface area contributed by atoms with Crippen LogP contribution < -0.4 is 54.0 Å². The number of hydrogen-bond donors (Lipinski definition) is 19. The molecule has 0 aliphatic carbocycles. The summed E-state index contributed by atoms with van der Waals surface area (Å²) in [5.74, 6) is -0.324. The Morgan fingerprint density at radius 2 is 1.16 bits per heavy atom. The van der Waals surface area contributed by atoms with Gasteiger partial charge in [0.2, 0.25) is 6.41 Å². The fourth-order valence-corrected chi connectivity index (χ4v) is 4.91. The van der Waals surface area contributed by atoms with Crippen LogP contribution in [0.3, 0.4) is 0 Å². The summed E-state index contributed by atoms with van der Waals surface area (Å²) in [7, 11) is 0. The van der Waals surface area contributed by atoms with Crippen molar-refractivity contribution in [3.63, 3.8) is 0 Å². The maximum absolute atomic E-state index is 11.4. The molecule has 298 valence electrons. The minimum atomic E-state index is -1.41. The highest BCUT2D eigenvalue weighted by Gasteiger charge is 2.31. The summed E-state index contributed by atoms with van der Waals surface area (Å²) >= 11 is 0. The van der Waals surface area contributed by atoms with E-state index in [-0.39, 0.29) is 43.6 Å². The smallest absolute Gasteiger partial charge is 0.214 e. The maximum atomic E-state index is 11.4. The molecule has 20 nitrogen and oxygen atoms in total. The lowest BCUT2D eigenvalue weighted by molar-refractivity contribution is -0.190. The van der Waals surface area contributed by atoms with Crippen molar-refractivity contribution in [1.82, 2.24) is 42.5 Å². The van der Waals surface area contributed by atoms with Crippen molar-refractivity contribution in [2.75, 3.05) is 32.8 Å². The average molecular weight is 727 g/mol. The Kier molecular flexibility index (Phi) is 24.8. The second-order valence-corrected chi connectivity index (χ2v) is 13.9. The molecule has 0 aromatic rings. The molecule has 6 unspecified atom stereocenters. The minimum absolute atomic E-state index is 0.0340. The van der Waals surface area contributed by atoms with E-state index >= 15 is 0 Å². The molecule has 0 rings (SSSR count). The Labute approximate surface area is 296 Å². The second-order valence-electron chi connectivity index (χ2n) is 13.9. The molecular formula is C30H70N12O8. The fourth-order valence-electron chi connectivity index (χ4n) is 4.91. The first-order valence-corrected chi connectivity index (χ1v) is 17.3. The van der Waals surface area contributed by atoms with Crippen LogP contribution in [0.2, 0.25) is 0 Å². The lowest BCUT2D eigenvalue weighted by atomic mass is 9.99. The van der Waals surface area contributed by atoms with Gasteiger partial charge in [0.25, 0.3) is 0 Å². The quantitative estimate of drug-likeness (QED) is 0.0149. The van der Waals surface area contributed by atoms with Gasteiger partial charge in [-0.3, -0.25) is 42.7 Å². The molecule has 0 spiro atoms. The molecule has 0 aromatic carbocycles. The predicted octanol–water partition coefficient (Wildman–Crippen LogP) is -4.73. The lowest BCUT2D eigenvalue weighted by Gasteiger charge is -2.36. The van der Waals surface area contributed by atoms with E-state index in [1.807, 2.05) is 13.8 Å². The topological polar surface area (TPSA) is 347 Å². The summed E-state index contributed by atoms with van der Waals surface area (Å²) in [6.07, 6.45) is -5.48. The molecule has 0 bridgehead atoms. The van der Waals surface area contributed by atoms with Crippen LogP contribution in [0.15, 0.2) is 0 Å². The zero-order valence-corrected chi connectivity index (χ0v) is 30.6. The van der Waals surface area contributed by atoms with Crippen LogP contribution >= 0.6 is 0 Å². The van der Waals surface area contributed by atoms with Gasteiger partial charge in [-0.1, -0.05) is 13.8 Å². The number of aliphatic hydroxyl groups is 7. The van der Waals surface area contributed by atoms with Crippen LogP contribution in [0.1, 0.15) is 73.6 Å². The molecule has 50 heavy (non-hydrogen) atoms. The first-order valence-electron chi connectivity index (χ1n) is 17.3. The number of rotatable bonds is 29. The number of ether oxygens (including phenoxy) is 1. The number of nitrogens with two attached hydrogens (primary N) is 2. The van der Waals surface area contributed by atoms with Gasteiger partial charge in [0.1, 0.15) is 31.1 Å². The van der Waals surface area contributed by atoms with Gasteiger partial charge in [0.15, 0.2) is 11.9 Å². The maximum Gasteiger partial charge on any atom is 0.214 e. The van der Waals surface area contributed by atoms with E-state index in [4.69, 9.17) is 32.1 Å². The SMILES string of the molecule is CC(C)C[C@@H](NC(O)[C@H](CCCNC(=N)N)NC(O)OC(C)(C)C)C(O)N[C@@H](CCCNC(=N)N)C(O)NCC(O)NCC(O)N[C@H](C)CO. The number of nitrogens with one attached hydrogen (secondary N) is 10. The van der Waals surface area contributed by atoms with Crippen molar-refractivity contribution in [3.05, 3.63) is 0 Å². The number of hydrogen-bond acceptors (Lipinski definition) is 16. The van der Waals surface area contributed by atoms with Gasteiger partial charge < -0.3 is 62.6 Å². The molecule has 0 amide bonds. The summed E-state index contributed by atoms with van der Waals surface area (Å²) < 4.78 is 5.57. The van der Waals surface area contributed by atoms with Gasteiger partial charge in [-0.2, -0.15) is 0 Å². The molecule has 21 N–H and O–H groups in total. The third kappa shape index (κ3) is 25.0. The third-order valence-corrected chi connectivity index (χ3v) is 7.29. The van der Waals surface area contributed by atoms with Crippen molar-refractivity contribution in [2.24, 2.45) is 17.4 Å². The van der Waals surface area contributed by atoms with Gasteiger partial charge in [0.05, 0.1) is 18.2 Å². The van der Waals surface area contributed by atoms with Crippen LogP contribution in [0.4, 0.5) is 0 Å². The predicted molar refractivity (Wildman–Crippen MR) is 191 cm³/mol. The molecule has 0 saturated carbocycles. The van der Waals surface area contributed by atoms with E-state index in [0.29, 0.717) is 45.2 Å². The monoisotopic (exact) mass is 727 g/mol. The van der Waals surface area contributed by atoms with E-state index in [2.05, 4.69) is 42.5 Å². The zero-order chi connectivity index (χ0) is 38.4. The Morgan fingerprint density at radius 1 is 0.680 bits per heavy atom. The van der Waals surface area contributed by atoms with Gasteiger partial charge >= 0.3 is 0 Å². The lowest BCUT2D eigenvalue weighted by Crippen LogP contribution is -2.62. The Morgan fingerprint density at radius 3 is 1.64 bits per heavy atom. The van der Waals surface area contributed by atoms with Crippen LogP contribution in [0, 0.1) is 16.7 Å². The first kappa shape index (κ1) is 48.0. The summed E-state index contributed by atoms with van der Waals surface area (Å²) in [5, 5.41) is 111. The van der Waals surface area contributed by atoms with Crippen molar-refractivity contribution < 1.29 is 40.5 Å².